The molecule has 0 aliphatic rings. The second kappa shape index (κ2) is 8.17. The van der Waals surface area contributed by atoms with Gasteiger partial charge >= 0.3 is 0 Å². The number of halogens is 2. The Kier molecular flexibility index (Phi) is 7.20. The summed E-state index contributed by atoms with van der Waals surface area (Å²) in [6.45, 7) is 1.12. The van der Waals surface area contributed by atoms with E-state index in [1.807, 2.05) is 0 Å². The number of rotatable bonds is 7. The minimum Gasteiger partial charge on any atom is -0.491 e. The Hall–Kier alpha value is 0.0300. The van der Waals surface area contributed by atoms with Crippen LogP contribution >= 0.6 is 28.5 Å². The van der Waals surface area contributed by atoms with Gasteiger partial charge in [-0.05, 0) is 46.3 Å². The predicted octanol–water partition coefficient (Wildman–Crippen LogP) is 2.92. The molecule has 1 aromatic rings. The highest BCUT2D eigenvalue weighted by Crippen LogP contribution is 2.21. The van der Waals surface area contributed by atoms with Crippen LogP contribution < -0.4 is 4.74 Å². The van der Waals surface area contributed by atoms with E-state index in [-0.39, 0.29) is 12.4 Å². The molecule has 0 saturated carbocycles. The highest BCUT2D eigenvalue weighted by Gasteiger charge is 2.05. The zero-order valence-electron chi connectivity index (χ0n) is 8.53. The van der Waals surface area contributed by atoms with E-state index in [4.69, 9.17) is 9.26 Å². The van der Waals surface area contributed by atoms with Gasteiger partial charge in [0.25, 0.3) is 0 Å². The number of benzene rings is 1. The van der Waals surface area contributed by atoms with Gasteiger partial charge < -0.3 is 14.4 Å². The third-order valence-electron chi connectivity index (χ3n) is 1.86. The molecule has 1 aromatic carbocycles. The first-order valence-corrected chi connectivity index (χ1v) is 8.78. The van der Waals surface area contributed by atoms with Gasteiger partial charge in [0.2, 0.25) is 0 Å². The highest BCUT2D eigenvalue weighted by molar-refractivity contribution is 14.2. The van der Waals surface area contributed by atoms with Crippen molar-refractivity contribution in [1.82, 2.24) is 0 Å². The lowest BCUT2D eigenvalue weighted by Gasteiger charge is -2.11. The first-order valence-electron chi connectivity index (χ1n) is 4.76. The fraction of sp³-hybridized carbons (Fsp3) is 0.400. The van der Waals surface area contributed by atoms with Crippen LogP contribution in [0.3, 0.4) is 0 Å². The minimum atomic E-state index is -0.558. The highest BCUT2D eigenvalue weighted by atomic mass is 127. The summed E-state index contributed by atoms with van der Waals surface area (Å²) < 4.78 is 23.0. The van der Waals surface area contributed by atoms with E-state index in [0.717, 1.165) is 0 Å². The molecule has 2 atom stereocenters. The zero-order chi connectivity index (χ0) is 11.8. The molecule has 2 unspecified atom stereocenters. The topological polar surface area (TPSA) is 38.7 Å². The van der Waals surface area contributed by atoms with E-state index >= 15 is 0 Å². The number of ether oxygens (including phenoxy) is 1. The van der Waals surface area contributed by atoms with E-state index < -0.39 is 6.10 Å². The summed E-state index contributed by atoms with van der Waals surface area (Å²) in [7, 11) is 0. The lowest BCUT2D eigenvalue weighted by molar-refractivity contribution is 0.0883. The summed E-state index contributed by atoms with van der Waals surface area (Å²) in [5, 5.41) is 9.51. The van der Waals surface area contributed by atoms with Gasteiger partial charge in [-0.15, -0.1) is 0 Å². The molecule has 0 bridgehead atoms. The van der Waals surface area contributed by atoms with E-state index in [0.29, 0.717) is 25.2 Å². The molecule has 0 fully saturated rings. The van der Waals surface area contributed by atoms with Crippen molar-refractivity contribution >= 4 is 28.5 Å². The molecule has 6 heteroatoms. The standard InChI is InChI=1S/C10H13FIO3P/c11-8-1-3-10(4-2-8)14-7-9(13)5-6-15-16-12/h1-4,9,13,16H,5-7H2. The van der Waals surface area contributed by atoms with Crippen molar-refractivity contribution in [3.8, 4) is 5.75 Å². The second-order valence-corrected chi connectivity index (χ2v) is 4.90. The van der Waals surface area contributed by atoms with Crippen molar-refractivity contribution in [3.63, 3.8) is 0 Å². The minimum absolute atomic E-state index is 0.194. The van der Waals surface area contributed by atoms with Gasteiger partial charge in [-0.3, -0.25) is 0 Å². The van der Waals surface area contributed by atoms with Crippen LogP contribution in [0.4, 0.5) is 4.39 Å². The van der Waals surface area contributed by atoms with E-state index in [9.17, 15) is 9.50 Å². The molecule has 0 radical (unpaired) electrons. The largest absolute Gasteiger partial charge is 0.491 e. The molecular formula is C10H13FIO3P. The van der Waals surface area contributed by atoms with Crippen molar-refractivity contribution in [2.45, 2.75) is 12.5 Å². The van der Waals surface area contributed by atoms with Gasteiger partial charge in [0.05, 0.1) is 19.2 Å². The van der Waals surface area contributed by atoms with E-state index in [2.05, 4.69) is 22.0 Å². The zero-order valence-corrected chi connectivity index (χ0v) is 11.7. The van der Waals surface area contributed by atoms with Crippen LogP contribution in [-0.4, -0.2) is 24.4 Å². The monoisotopic (exact) mass is 358 g/mol. The van der Waals surface area contributed by atoms with Crippen molar-refractivity contribution in [3.05, 3.63) is 30.1 Å². The molecular weight excluding hydrogens is 345 g/mol. The van der Waals surface area contributed by atoms with Crippen LogP contribution in [0, 0.1) is 5.82 Å². The lowest BCUT2D eigenvalue weighted by Crippen LogP contribution is -2.18. The Balaban J connectivity index is 2.20. The first kappa shape index (κ1) is 14.1. The molecule has 0 heterocycles. The molecule has 0 aromatic heterocycles. The Bertz CT molecular complexity index is 297. The van der Waals surface area contributed by atoms with Gasteiger partial charge in [-0.1, -0.05) is 0 Å². The maximum absolute atomic E-state index is 12.6. The number of aliphatic hydroxyl groups excluding tert-OH is 1. The Labute approximate surface area is 109 Å². The molecule has 16 heavy (non-hydrogen) atoms. The van der Waals surface area contributed by atoms with Gasteiger partial charge in [0, 0.05) is 6.42 Å². The molecule has 3 nitrogen and oxygen atoms in total. The third kappa shape index (κ3) is 5.94. The van der Waals surface area contributed by atoms with Gasteiger partial charge in [-0.2, -0.15) is 0 Å². The van der Waals surface area contributed by atoms with Gasteiger partial charge in [0.1, 0.15) is 18.2 Å². The van der Waals surface area contributed by atoms with Crippen molar-refractivity contribution in [1.29, 1.82) is 0 Å². The lowest BCUT2D eigenvalue weighted by atomic mass is 10.3. The summed E-state index contributed by atoms with van der Waals surface area (Å²) in [4.78, 5) is 0. The van der Waals surface area contributed by atoms with Crippen molar-refractivity contribution in [2.75, 3.05) is 13.2 Å². The average Bonchev–Trinajstić information content (AvgIpc) is 2.29. The van der Waals surface area contributed by atoms with Crippen LogP contribution in [0.1, 0.15) is 6.42 Å². The summed E-state index contributed by atoms with van der Waals surface area (Å²) in [5.41, 5.74) is 0. The second-order valence-electron chi connectivity index (χ2n) is 3.13. The van der Waals surface area contributed by atoms with Crippen LogP contribution in [0.5, 0.6) is 5.75 Å². The number of hydrogen-bond donors (Lipinski definition) is 1. The Morgan fingerprint density at radius 3 is 2.69 bits per heavy atom. The normalized spacial score (nSPS) is 13.2. The van der Waals surface area contributed by atoms with Crippen LogP contribution in [0.25, 0.3) is 0 Å². The van der Waals surface area contributed by atoms with Gasteiger partial charge in [0.15, 0.2) is 0 Å². The first-order chi connectivity index (χ1) is 7.72. The van der Waals surface area contributed by atoms with Crippen LogP contribution in [0.2, 0.25) is 0 Å². The summed E-state index contributed by atoms with van der Waals surface area (Å²) >= 11 is 2.13. The smallest absolute Gasteiger partial charge is 0.123 e. The average molecular weight is 358 g/mol. The fourth-order valence-electron chi connectivity index (χ4n) is 1.04. The third-order valence-corrected chi connectivity index (χ3v) is 3.11. The summed E-state index contributed by atoms with van der Waals surface area (Å²) in [6, 6.07) is 5.71. The van der Waals surface area contributed by atoms with E-state index in [1.54, 1.807) is 0 Å². The molecule has 1 N–H and O–H groups in total. The molecule has 0 aliphatic carbocycles. The van der Waals surface area contributed by atoms with Crippen LogP contribution in [-0.2, 0) is 4.52 Å². The van der Waals surface area contributed by atoms with Crippen LogP contribution in [0.15, 0.2) is 24.3 Å². The molecule has 0 aliphatic heterocycles. The van der Waals surface area contributed by atoms with Crippen molar-refractivity contribution in [2.24, 2.45) is 0 Å². The maximum Gasteiger partial charge on any atom is 0.123 e. The number of hydrogen-bond acceptors (Lipinski definition) is 3. The quantitative estimate of drug-likeness (QED) is 0.463. The summed E-state index contributed by atoms with van der Waals surface area (Å²) in [6.07, 6.45) is -0.0187. The Morgan fingerprint density at radius 1 is 1.38 bits per heavy atom. The maximum atomic E-state index is 12.6. The molecule has 90 valence electrons. The molecule has 0 saturated heterocycles. The molecule has 0 amide bonds. The summed E-state index contributed by atoms with van der Waals surface area (Å²) in [5.74, 6) is 0.251. The van der Waals surface area contributed by atoms with E-state index in [1.165, 1.54) is 24.3 Å². The number of aliphatic hydroxyl groups is 1. The van der Waals surface area contributed by atoms with Gasteiger partial charge in [-0.25, -0.2) is 4.39 Å². The SMILES string of the molecule is OC(CCOPI)COc1ccc(F)cc1. The predicted molar refractivity (Wildman–Crippen MR) is 70.8 cm³/mol. The van der Waals surface area contributed by atoms with Crippen molar-refractivity contribution < 1.29 is 18.8 Å². The fourth-order valence-corrected chi connectivity index (χ4v) is 1.90. The molecule has 1 rings (SSSR count). The molecule has 0 spiro atoms. The Morgan fingerprint density at radius 2 is 2.06 bits per heavy atom.